The summed E-state index contributed by atoms with van der Waals surface area (Å²) in [7, 11) is 0. The van der Waals surface area contributed by atoms with Crippen molar-refractivity contribution in [1.29, 1.82) is 0 Å². The van der Waals surface area contributed by atoms with Crippen LogP contribution in [0, 0.1) is 6.92 Å². The lowest BCUT2D eigenvalue weighted by molar-refractivity contribution is 1.34. The van der Waals surface area contributed by atoms with Crippen molar-refractivity contribution in [3.05, 3.63) is 57.3 Å². The van der Waals surface area contributed by atoms with Crippen molar-refractivity contribution in [2.24, 2.45) is 0 Å². The Balaban J connectivity index is 2.62. The molecule has 84 valence electrons. The van der Waals surface area contributed by atoms with E-state index in [0.29, 0.717) is 10.4 Å². The molecular weight excluding hydrogens is 234 g/mol. The van der Waals surface area contributed by atoms with E-state index in [0.717, 1.165) is 21.9 Å². The summed E-state index contributed by atoms with van der Waals surface area (Å²) in [4.78, 5) is 14.8. The molecule has 1 heterocycles. The van der Waals surface area contributed by atoms with Crippen molar-refractivity contribution in [3.8, 4) is 0 Å². The van der Waals surface area contributed by atoms with Crippen molar-refractivity contribution in [1.82, 2.24) is 4.98 Å². The molecule has 0 unspecified atom stereocenters. The predicted octanol–water partition coefficient (Wildman–Crippen LogP) is 3.64. The molecule has 0 saturated heterocycles. The Bertz CT molecular complexity index is 789. The number of hydrogen-bond donors (Lipinski definition) is 1. The fraction of sp³-hybridized carbons (Fsp3) is 0.0714. The number of pyridine rings is 1. The molecule has 1 aromatic heterocycles. The summed E-state index contributed by atoms with van der Waals surface area (Å²) >= 11 is 6.00. The summed E-state index contributed by atoms with van der Waals surface area (Å²) in [5, 5.41) is 3.30. The van der Waals surface area contributed by atoms with Gasteiger partial charge in [0.25, 0.3) is 5.56 Å². The molecule has 0 radical (unpaired) electrons. The lowest BCUT2D eigenvalue weighted by Crippen LogP contribution is -2.06. The highest BCUT2D eigenvalue weighted by Crippen LogP contribution is 2.24. The molecule has 3 rings (SSSR count). The molecular formula is C14H10ClNO. The largest absolute Gasteiger partial charge is 0.321 e. The third kappa shape index (κ3) is 1.61. The first-order chi connectivity index (χ1) is 8.15. The zero-order chi connectivity index (χ0) is 12.0. The molecule has 17 heavy (non-hydrogen) atoms. The van der Waals surface area contributed by atoms with Crippen molar-refractivity contribution >= 4 is 33.3 Å². The Morgan fingerprint density at radius 3 is 2.65 bits per heavy atom. The second kappa shape index (κ2) is 3.60. The highest BCUT2D eigenvalue weighted by molar-refractivity contribution is 6.31. The maximum absolute atomic E-state index is 11.9. The molecule has 0 aliphatic carbocycles. The molecule has 0 bridgehead atoms. The van der Waals surface area contributed by atoms with E-state index in [1.165, 1.54) is 0 Å². The number of rotatable bonds is 0. The first kappa shape index (κ1) is 10.4. The summed E-state index contributed by atoms with van der Waals surface area (Å²) in [5.41, 5.74) is 1.83. The number of aromatic amines is 1. The second-order valence-corrected chi connectivity index (χ2v) is 4.63. The van der Waals surface area contributed by atoms with E-state index in [4.69, 9.17) is 11.6 Å². The van der Waals surface area contributed by atoms with E-state index in [2.05, 4.69) is 4.98 Å². The summed E-state index contributed by atoms with van der Waals surface area (Å²) in [6.45, 7) is 1.97. The first-order valence-corrected chi connectivity index (χ1v) is 5.75. The number of fused-ring (bicyclic) bond motifs is 3. The average molecular weight is 244 g/mol. The molecule has 3 aromatic rings. The van der Waals surface area contributed by atoms with Crippen LogP contribution in [0.1, 0.15) is 5.56 Å². The van der Waals surface area contributed by atoms with E-state index in [1.807, 2.05) is 37.3 Å². The van der Waals surface area contributed by atoms with Crippen LogP contribution in [0.5, 0.6) is 0 Å². The molecule has 1 N–H and O–H groups in total. The van der Waals surface area contributed by atoms with Crippen LogP contribution in [0.25, 0.3) is 21.7 Å². The van der Waals surface area contributed by atoms with Crippen molar-refractivity contribution in [3.63, 3.8) is 0 Å². The van der Waals surface area contributed by atoms with Crippen LogP contribution in [-0.4, -0.2) is 4.98 Å². The van der Waals surface area contributed by atoms with Crippen molar-refractivity contribution < 1.29 is 0 Å². The highest BCUT2D eigenvalue weighted by Gasteiger charge is 2.05. The third-order valence-electron chi connectivity index (χ3n) is 2.94. The number of halogens is 1. The average Bonchev–Trinajstić information content (AvgIpc) is 2.30. The molecule has 0 aliphatic rings. The Kier molecular flexibility index (Phi) is 2.20. The van der Waals surface area contributed by atoms with Gasteiger partial charge < -0.3 is 4.98 Å². The zero-order valence-electron chi connectivity index (χ0n) is 9.25. The van der Waals surface area contributed by atoms with Gasteiger partial charge >= 0.3 is 0 Å². The van der Waals surface area contributed by atoms with Gasteiger partial charge in [0.15, 0.2) is 0 Å². The summed E-state index contributed by atoms with van der Waals surface area (Å²) in [6, 6.07) is 11.4. The fourth-order valence-electron chi connectivity index (χ4n) is 2.12. The van der Waals surface area contributed by atoms with E-state index < -0.39 is 0 Å². The highest BCUT2D eigenvalue weighted by atomic mass is 35.5. The molecule has 0 aliphatic heterocycles. The van der Waals surface area contributed by atoms with Gasteiger partial charge in [-0.25, -0.2) is 0 Å². The minimum atomic E-state index is -0.0569. The SMILES string of the molecule is Cc1ccc2c(c1)c(=O)[nH]c1ccc(Cl)cc12. The van der Waals surface area contributed by atoms with Crippen LogP contribution in [0.15, 0.2) is 41.2 Å². The minimum Gasteiger partial charge on any atom is -0.321 e. The van der Waals surface area contributed by atoms with Gasteiger partial charge in [-0.05, 0) is 36.6 Å². The lowest BCUT2D eigenvalue weighted by atomic mass is 10.0. The molecule has 0 spiro atoms. The van der Waals surface area contributed by atoms with Gasteiger partial charge in [0.2, 0.25) is 0 Å². The molecule has 0 amide bonds. The van der Waals surface area contributed by atoms with Crippen LogP contribution in [0.4, 0.5) is 0 Å². The summed E-state index contributed by atoms with van der Waals surface area (Å²) in [5.74, 6) is 0. The van der Waals surface area contributed by atoms with Crippen molar-refractivity contribution in [2.45, 2.75) is 6.92 Å². The normalized spacial score (nSPS) is 11.2. The van der Waals surface area contributed by atoms with Crippen LogP contribution >= 0.6 is 11.6 Å². The van der Waals surface area contributed by atoms with Crippen LogP contribution in [0.3, 0.4) is 0 Å². The van der Waals surface area contributed by atoms with Crippen LogP contribution in [-0.2, 0) is 0 Å². The second-order valence-electron chi connectivity index (χ2n) is 4.19. The summed E-state index contributed by atoms with van der Waals surface area (Å²) < 4.78 is 0. The Morgan fingerprint density at radius 2 is 1.82 bits per heavy atom. The molecule has 3 heteroatoms. The third-order valence-corrected chi connectivity index (χ3v) is 3.17. The van der Waals surface area contributed by atoms with E-state index in [9.17, 15) is 4.79 Å². The smallest absolute Gasteiger partial charge is 0.256 e. The number of hydrogen-bond acceptors (Lipinski definition) is 1. The van der Waals surface area contributed by atoms with Gasteiger partial charge in [-0.1, -0.05) is 29.3 Å². The van der Waals surface area contributed by atoms with E-state index in [1.54, 1.807) is 6.07 Å². The van der Waals surface area contributed by atoms with Gasteiger partial charge in [-0.15, -0.1) is 0 Å². The van der Waals surface area contributed by atoms with Gasteiger partial charge in [0.05, 0.1) is 0 Å². The van der Waals surface area contributed by atoms with E-state index >= 15 is 0 Å². The van der Waals surface area contributed by atoms with Gasteiger partial charge in [0, 0.05) is 21.3 Å². The standard InChI is InChI=1S/C14H10ClNO/c1-8-2-4-10-11-7-9(15)3-5-13(11)16-14(17)12(10)6-8/h2-7H,1H3,(H,16,17). The quantitative estimate of drug-likeness (QED) is 0.601. The monoisotopic (exact) mass is 243 g/mol. The molecule has 0 saturated carbocycles. The minimum absolute atomic E-state index is 0.0569. The van der Waals surface area contributed by atoms with Gasteiger partial charge in [0.1, 0.15) is 0 Å². The van der Waals surface area contributed by atoms with Gasteiger partial charge in [-0.2, -0.15) is 0 Å². The first-order valence-electron chi connectivity index (χ1n) is 5.37. The number of H-pyrrole nitrogens is 1. The number of nitrogens with one attached hydrogen (secondary N) is 1. The maximum Gasteiger partial charge on any atom is 0.256 e. The van der Waals surface area contributed by atoms with Crippen LogP contribution < -0.4 is 5.56 Å². The topological polar surface area (TPSA) is 32.9 Å². The molecule has 0 atom stereocenters. The van der Waals surface area contributed by atoms with Crippen molar-refractivity contribution in [2.75, 3.05) is 0 Å². The predicted molar refractivity (Wildman–Crippen MR) is 71.8 cm³/mol. The Hall–Kier alpha value is -1.80. The molecule has 0 fully saturated rings. The number of benzene rings is 2. The summed E-state index contributed by atoms with van der Waals surface area (Å²) in [6.07, 6.45) is 0. The van der Waals surface area contributed by atoms with E-state index in [-0.39, 0.29) is 5.56 Å². The van der Waals surface area contributed by atoms with Crippen LogP contribution in [0.2, 0.25) is 5.02 Å². The Labute approximate surface area is 103 Å². The zero-order valence-corrected chi connectivity index (χ0v) is 10.0. The Morgan fingerprint density at radius 1 is 1.00 bits per heavy atom. The number of aryl methyl sites for hydroxylation is 1. The number of aromatic nitrogens is 1. The lowest BCUT2D eigenvalue weighted by Gasteiger charge is -2.04. The fourth-order valence-corrected chi connectivity index (χ4v) is 2.29. The molecule has 2 aromatic carbocycles. The maximum atomic E-state index is 11.9. The van der Waals surface area contributed by atoms with Gasteiger partial charge in [-0.3, -0.25) is 4.79 Å². The molecule has 2 nitrogen and oxygen atoms in total.